The van der Waals surface area contributed by atoms with Crippen molar-refractivity contribution < 1.29 is 9.47 Å². The lowest BCUT2D eigenvalue weighted by molar-refractivity contribution is 0.301. The van der Waals surface area contributed by atoms with Gasteiger partial charge in [0.05, 0.1) is 7.11 Å². The van der Waals surface area contributed by atoms with Gasteiger partial charge in [-0.3, -0.25) is 4.98 Å². The molecule has 0 aliphatic rings. The van der Waals surface area contributed by atoms with Gasteiger partial charge in [-0.25, -0.2) is 0 Å². The van der Waals surface area contributed by atoms with Crippen LogP contribution in [0.2, 0.25) is 0 Å². The van der Waals surface area contributed by atoms with E-state index in [2.05, 4.69) is 20.9 Å². The maximum absolute atomic E-state index is 5.77. The molecule has 0 fully saturated rings. The smallest absolute Gasteiger partial charge is 0.124 e. The largest absolute Gasteiger partial charge is 0.497 e. The highest BCUT2D eigenvalue weighted by molar-refractivity contribution is 9.10. The molecule has 0 saturated carbocycles. The van der Waals surface area contributed by atoms with E-state index in [1.807, 2.05) is 24.3 Å². The molecule has 0 atom stereocenters. The van der Waals surface area contributed by atoms with Crippen LogP contribution < -0.4 is 15.2 Å². The zero-order valence-electron chi connectivity index (χ0n) is 10.6. The fourth-order valence-electron chi connectivity index (χ4n) is 1.68. The molecule has 0 bridgehead atoms. The van der Waals surface area contributed by atoms with Gasteiger partial charge in [0.1, 0.15) is 18.1 Å². The minimum Gasteiger partial charge on any atom is -0.497 e. The fourth-order valence-corrected chi connectivity index (χ4v) is 2.09. The number of nitrogens with zero attached hydrogens (tertiary/aromatic N) is 1. The summed E-state index contributed by atoms with van der Waals surface area (Å²) in [6.45, 7) is 0.856. The van der Waals surface area contributed by atoms with Gasteiger partial charge in [-0.2, -0.15) is 0 Å². The van der Waals surface area contributed by atoms with Gasteiger partial charge in [-0.15, -0.1) is 0 Å². The second-order valence-corrected chi connectivity index (χ2v) is 4.89. The van der Waals surface area contributed by atoms with Gasteiger partial charge >= 0.3 is 0 Å². The molecule has 0 aliphatic carbocycles. The highest BCUT2D eigenvalue weighted by Crippen LogP contribution is 2.24. The predicted molar refractivity (Wildman–Crippen MR) is 77.2 cm³/mol. The molecule has 19 heavy (non-hydrogen) atoms. The van der Waals surface area contributed by atoms with Crippen molar-refractivity contribution in [3.05, 3.63) is 52.3 Å². The topological polar surface area (TPSA) is 57.4 Å². The zero-order chi connectivity index (χ0) is 13.7. The van der Waals surface area contributed by atoms with Crippen LogP contribution in [0.1, 0.15) is 11.1 Å². The highest BCUT2D eigenvalue weighted by atomic mass is 79.9. The van der Waals surface area contributed by atoms with Crippen LogP contribution >= 0.6 is 15.9 Å². The Morgan fingerprint density at radius 3 is 2.79 bits per heavy atom. The van der Waals surface area contributed by atoms with Crippen molar-refractivity contribution in [3.8, 4) is 11.5 Å². The van der Waals surface area contributed by atoms with Crippen molar-refractivity contribution in [1.29, 1.82) is 0 Å². The van der Waals surface area contributed by atoms with Crippen molar-refractivity contribution in [1.82, 2.24) is 4.98 Å². The number of nitrogens with two attached hydrogens (primary N) is 1. The van der Waals surface area contributed by atoms with Crippen molar-refractivity contribution in [2.45, 2.75) is 13.2 Å². The summed E-state index contributed by atoms with van der Waals surface area (Å²) in [5.41, 5.74) is 7.62. The lowest BCUT2D eigenvalue weighted by Gasteiger charge is -2.11. The molecule has 0 amide bonds. The Balaban J connectivity index is 2.11. The van der Waals surface area contributed by atoms with Gasteiger partial charge in [-0.05, 0) is 40.2 Å². The normalized spacial score (nSPS) is 10.3. The van der Waals surface area contributed by atoms with E-state index in [1.54, 1.807) is 19.5 Å². The Bertz CT molecular complexity index is 561. The third kappa shape index (κ3) is 3.68. The molecule has 2 N–H and O–H groups in total. The molecule has 0 unspecified atom stereocenters. The molecule has 2 rings (SSSR count). The Morgan fingerprint density at radius 2 is 2.11 bits per heavy atom. The van der Waals surface area contributed by atoms with Crippen molar-refractivity contribution >= 4 is 15.9 Å². The van der Waals surface area contributed by atoms with E-state index in [-0.39, 0.29) is 0 Å². The lowest BCUT2D eigenvalue weighted by atomic mass is 10.2. The Labute approximate surface area is 120 Å². The maximum Gasteiger partial charge on any atom is 0.124 e. The van der Waals surface area contributed by atoms with Gasteiger partial charge < -0.3 is 15.2 Å². The number of halogens is 1. The van der Waals surface area contributed by atoms with Crippen LogP contribution in [0.3, 0.4) is 0 Å². The summed E-state index contributed by atoms with van der Waals surface area (Å²) in [6, 6.07) is 7.58. The summed E-state index contributed by atoms with van der Waals surface area (Å²) in [7, 11) is 1.63. The van der Waals surface area contributed by atoms with Crippen LogP contribution in [0, 0.1) is 0 Å². The first-order valence-electron chi connectivity index (χ1n) is 5.82. The predicted octanol–water partition coefficient (Wildman–Crippen LogP) is 2.89. The molecule has 5 heteroatoms. The SMILES string of the molecule is COc1ccc(OCc2cncc(Br)c2)c(CN)c1. The van der Waals surface area contributed by atoms with Crippen LogP contribution in [0.5, 0.6) is 11.5 Å². The molecule has 1 aromatic heterocycles. The van der Waals surface area contributed by atoms with E-state index < -0.39 is 0 Å². The maximum atomic E-state index is 5.77. The summed E-state index contributed by atoms with van der Waals surface area (Å²) in [4.78, 5) is 4.09. The van der Waals surface area contributed by atoms with E-state index in [1.165, 1.54) is 0 Å². The van der Waals surface area contributed by atoms with Crippen LogP contribution in [-0.2, 0) is 13.2 Å². The first kappa shape index (κ1) is 13.8. The van der Waals surface area contributed by atoms with Crippen molar-refractivity contribution in [2.75, 3.05) is 7.11 Å². The summed E-state index contributed by atoms with van der Waals surface area (Å²) in [5.74, 6) is 1.54. The van der Waals surface area contributed by atoms with E-state index in [4.69, 9.17) is 15.2 Å². The van der Waals surface area contributed by atoms with E-state index >= 15 is 0 Å². The Morgan fingerprint density at radius 1 is 1.26 bits per heavy atom. The Hall–Kier alpha value is -1.59. The molecule has 1 heterocycles. The molecule has 0 aliphatic heterocycles. The summed E-state index contributed by atoms with van der Waals surface area (Å²) in [5, 5.41) is 0. The van der Waals surface area contributed by atoms with Crippen LogP contribution in [0.25, 0.3) is 0 Å². The minimum atomic E-state index is 0.406. The number of methoxy groups -OCH3 is 1. The minimum absolute atomic E-state index is 0.406. The fraction of sp³-hybridized carbons (Fsp3) is 0.214. The summed E-state index contributed by atoms with van der Waals surface area (Å²) in [6.07, 6.45) is 3.51. The molecule has 0 spiro atoms. The molecule has 0 saturated heterocycles. The molecule has 4 nitrogen and oxygen atoms in total. The second-order valence-electron chi connectivity index (χ2n) is 3.98. The number of rotatable bonds is 5. The number of hydrogen-bond acceptors (Lipinski definition) is 4. The van der Waals surface area contributed by atoms with Gasteiger partial charge in [0.15, 0.2) is 0 Å². The summed E-state index contributed by atoms with van der Waals surface area (Å²) < 4.78 is 11.9. The number of aromatic nitrogens is 1. The number of benzene rings is 1. The van der Waals surface area contributed by atoms with Crippen molar-refractivity contribution in [3.63, 3.8) is 0 Å². The lowest BCUT2D eigenvalue weighted by Crippen LogP contribution is -2.03. The van der Waals surface area contributed by atoms with E-state index in [0.29, 0.717) is 13.2 Å². The summed E-state index contributed by atoms with van der Waals surface area (Å²) >= 11 is 3.38. The molecule has 2 aromatic rings. The van der Waals surface area contributed by atoms with Crippen LogP contribution in [-0.4, -0.2) is 12.1 Å². The zero-order valence-corrected chi connectivity index (χ0v) is 12.2. The number of ether oxygens (including phenoxy) is 2. The average molecular weight is 323 g/mol. The standard InChI is InChI=1S/C14H15BrN2O2/c1-18-13-2-3-14(11(5-13)6-16)19-9-10-4-12(15)8-17-7-10/h2-5,7-8H,6,9,16H2,1H3. The molecular formula is C14H15BrN2O2. The molecular weight excluding hydrogens is 308 g/mol. The van der Waals surface area contributed by atoms with E-state index in [0.717, 1.165) is 27.1 Å². The van der Waals surface area contributed by atoms with E-state index in [9.17, 15) is 0 Å². The van der Waals surface area contributed by atoms with Crippen LogP contribution in [0.15, 0.2) is 41.1 Å². The first-order chi connectivity index (χ1) is 9.22. The average Bonchev–Trinajstić information content (AvgIpc) is 2.45. The highest BCUT2D eigenvalue weighted by Gasteiger charge is 2.05. The first-order valence-corrected chi connectivity index (χ1v) is 6.61. The third-order valence-electron chi connectivity index (χ3n) is 2.64. The van der Waals surface area contributed by atoms with Gasteiger partial charge in [0.25, 0.3) is 0 Å². The quantitative estimate of drug-likeness (QED) is 0.919. The van der Waals surface area contributed by atoms with Crippen molar-refractivity contribution in [2.24, 2.45) is 5.73 Å². The number of pyridine rings is 1. The molecule has 1 aromatic carbocycles. The molecule has 0 radical (unpaired) electrons. The molecule has 100 valence electrons. The van der Waals surface area contributed by atoms with Gasteiger partial charge in [0.2, 0.25) is 0 Å². The van der Waals surface area contributed by atoms with Crippen LogP contribution in [0.4, 0.5) is 0 Å². The Kier molecular flexibility index (Phi) is 4.76. The van der Waals surface area contributed by atoms with Gasteiger partial charge in [-0.1, -0.05) is 0 Å². The van der Waals surface area contributed by atoms with Gasteiger partial charge in [0, 0.05) is 34.5 Å². The number of hydrogen-bond donors (Lipinski definition) is 1. The second kappa shape index (κ2) is 6.54. The monoisotopic (exact) mass is 322 g/mol. The third-order valence-corrected chi connectivity index (χ3v) is 3.08.